The summed E-state index contributed by atoms with van der Waals surface area (Å²) in [6, 6.07) is 28.1. The van der Waals surface area contributed by atoms with Crippen LogP contribution in [0.4, 0.5) is 0 Å². The summed E-state index contributed by atoms with van der Waals surface area (Å²) in [6.45, 7) is 2.87. The van der Waals surface area contributed by atoms with Crippen molar-refractivity contribution in [1.82, 2.24) is 15.0 Å². The van der Waals surface area contributed by atoms with Crippen LogP contribution in [0.15, 0.2) is 102 Å². The number of halogens is 1. The molecule has 0 saturated carbocycles. The maximum atomic E-state index is 12.8. The second kappa shape index (κ2) is 11.8. The van der Waals surface area contributed by atoms with E-state index in [1.807, 2.05) is 36.5 Å². The number of benzene rings is 4. The van der Waals surface area contributed by atoms with Gasteiger partial charge in [-0.3, -0.25) is 9.59 Å². The van der Waals surface area contributed by atoms with Gasteiger partial charge in [-0.1, -0.05) is 58.8 Å². The Bertz CT molecular complexity index is 1890. The average Bonchev–Trinajstić information content (AvgIpc) is 3.64. The van der Waals surface area contributed by atoms with Crippen LogP contribution in [0.3, 0.4) is 0 Å². The molecule has 0 aliphatic rings. The Kier molecular flexibility index (Phi) is 7.66. The first-order valence-corrected chi connectivity index (χ1v) is 13.8. The summed E-state index contributed by atoms with van der Waals surface area (Å²) in [5, 5.41) is 9.78. The van der Waals surface area contributed by atoms with E-state index in [-0.39, 0.29) is 18.2 Å². The van der Waals surface area contributed by atoms with E-state index in [0.29, 0.717) is 46.1 Å². The molecule has 6 aromatic rings. The molecule has 0 radical (unpaired) electrons. The minimum Gasteiger partial charge on any atom is -0.486 e. The number of hydrogen-bond acceptors (Lipinski definition) is 6. The van der Waals surface area contributed by atoms with Crippen LogP contribution in [-0.2, 0) is 19.6 Å². The van der Waals surface area contributed by atoms with Gasteiger partial charge in [-0.25, -0.2) is 4.68 Å². The Morgan fingerprint density at radius 3 is 2.45 bits per heavy atom. The van der Waals surface area contributed by atoms with Gasteiger partial charge in [0.2, 0.25) is 5.78 Å². The van der Waals surface area contributed by atoms with E-state index in [0.717, 1.165) is 28.4 Å². The Labute approximate surface area is 247 Å². The van der Waals surface area contributed by atoms with Crippen molar-refractivity contribution in [3.63, 3.8) is 0 Å². The lowest BCUT2D eigenvalue weighted by atomic mass is 10.0. The minimum atomic E-state index is -0.204. The fourth-order valence-corrected chi connectivity index (χ4v) is 4.87. The molecule has 0 unspecified atom stereocenters. The second-order valence-electron chi connectivity index (χ2n) is 10.2. The normalized spacial score (nSPS) is 11.1. The fourth-order valence-electron chi connectivity index (χ4n) is 4.74. The van der Waals surface area contributed by atoms with E-state index in [2.05, 4.69) is 41.5 Å². The summed E-state index contributed by atoms with van der Waals surface area (Å²) < 4.78 is 13.5. The minimum absolute atomic E-state index is 0.197. The van der Waals surface area contributed by atoms with Crippen molar-refractivity contribution >= 4 is 34.6 Å². The fraction of sp³-hybridized carbons (Fsp3) is 0.118. The van der Waals surface area contributed by atoms with Crippen molar-refractivity contribution in [3.8, 4) is 5.75 Å². The number of aldehydes is 1. The number of ketones is 1. The van der Waals surface area contributed by atoms with Gasteiger partial charge in [0.1, 0.15) is 23.6 Å². The number of nitrogens with zero attached hydrogens (tertiary/aromatic N) is 3. The van der Waals surface area contributed by atoms with E-state index < -0.39 is 0 Å². The standard InChI is InChI=1S/C34H26ClN3O4/c1-22-2-4-23(5-3-22)18-38-19-30(36-37-38)21-41-31-12-6-25(16-28(31)20-39)14-24-7-13-32-27(15-24)17-33(42-32)34(40)26-8-10-29(35)11-9-26/h2-13,15-17,19-20H,14,18,21H2,1H3. The van der Waals surface area contributed by atoms with Gasteiger partial charge in [-0.2, -0.15) is 0 Å². The smallest absolute Gasteiger partial charge is 0.228 e. The molecule has 0 saturated heterocycles. The molecule has 2 heterocycles. The summed E-state index contributed by atoms with van der Waals surface area (Å²) in [6.07, 6.45) is 3.23. The zero-order chi connectivity index (χ0) is 29.1. The van der Waals surface area contributed by atoms with Gasteiger partial charge < -0.3 is 9.15 Å². The highest BCUT2D eigenvalue weighted by Crippen LogP contribution is 2.26. The molecule has 0 spiro atoms. The van der Waals surface area contributed by atoms with E-state index in [1.54, 1.807) is 41.1 Å². The zero-order valence-corrected chi connectivity index (χ0v) is 23.5. The number of carbonyl (C=O) groups is 2. The summed E-state index contributed by atoms with van der Waals surface area (Å²) in [5.74, 6) is 0.548. The maximum absolute atomic E-state index is 12.8. The number of aryl methyl sites for hydroxylation is 1. The number of ether oxygens (including phenoxy) is 1. The lowest BCUT2D eigenvalue weighted by Gasteiger charge is -2.09. The Morgan fingerprint density at radius 2 is 1.67 bits per heavy atom. The highest BCUT2D eigenvalue weighted by molar-refractivity contribution is 6.30. The van der Waals surface area contributed by atoms with Crippen molar-refractivity contribution in [2.45, 2.75) is 26.5 Å². The molecule has 0 aliphatic heterocycles. The zero-order valence-electron chi connectivity index (χ0n) is 22.8. The van der Waals surface area contributed by atoms with Crippen LogP contribution in [0.5, 0.6) is 5.75 Å². The van der Waals surface area contributed by atoms with E-state index in [4.69, 9.17) is 20.8 Å². The molecule has 0 atom stereocenters. The van der Waals surface area contributed by atoms with Crippen LogP contribution in [0.25, 0.3) is 11.0 Å². The van der Waals surface area contributed by atoms with Gasteiger partial charge in [0.15, 0.2) is 12.0 Å². The predicted octanol–water partition coefficient (Wildman–Crippen LogP) is 7.25. The van der Waals surface area contributed by atoms with Gasteiger partial charge >= 0.3 is 0 Å². The van der Waals surface area contributed by atoms with Crippen LogP contribution in [0, 0.1) is 6.92 Å². The SMILES string of the molecule is Cc1ccc(Cn2cc(COc3ccc(Cc4ccc5oc(C(=O)c6ccc(Cl)cc6)cc5c4)cc3C=O)nn2)cc1. The number of aromatic nitrogens is 3. The van der Waals surface area contributed by atoms with Crippen LogP contribution >= 0.6 is 11.6 Å². The van der Waals surface area contributed by atoms with Crippen molar-refractivity contribution in [3.05, 3.63) is 147 Å². The van der Waals surface area contributed by atoms with Crippen molar-refractivity contribution in [1.29, 1.82) is 0 Å². The quantitative estimate of drug-likeness (QED) is 0.126. The largest absolute Gasteiger partial charge is 0.486 e. The molecule has 7 nitrogen and oxygen atoms in total. The van der Waals surface area contributed by atoms with Gasteiger partial charge in [0, 0.05) is 16.0 Å². The van der Waals surface area contributed by atoms with Crippen molar-refractivity contribution in [2.75, 3.05) is 0 Å². The molecule has 0 N–H and O–H groups in total. The highest BCUT2D eigenvalue weighted by atomic mass is 35.5. The molecule has 0 aliphatic carbocycles. The number of carbonyl (C=O) groups excluding carboxylic acids is 2. The first-order valence-electron chi connectivity index (χ1n) is 13.4. The topological polar surface area (TPSA) is 87.2 Å². The molecule has 4 aromatic carbocycles. The first kappa shape index (κ1) is 27.2. The molecular formula is C34H26ClN3O4. The Balaban J connectivity index is 1.11. The third kappa shape index (κ3) is 6.16. The second-order valence-corrected chi connectivity index (χ2v) is 10.6. The molecule has 2 aromatic heterocycles. The summed E-state index contributed by atoms with van der Waals surface area (Å²) >= 11 is 5.94. The molecule has 208 valence electrons. The molecule has 0 amide bonds. The average molecular weight is 576 g/mol. The Morgan fingerprint density at radius 1 is 0.929 bits per heavy atom. The lowest BCUT2D eigenvalue weighted by molar-refractivity contribution is 0.101. The number of rotatable bonds is 10. The summed E-state index contributed by atoms with van der Waals surface area (Å²) in [5.41, 5.74) is 6.58. The summed E-state index contributed by atoms with van der Waals surface area (Å²) in [7, 11) is 0. The number of hydrogen-bond donors (Lipinski definition) is 0. The van der Waals surface area contributed by atoms with Crippen LogP contribution < -0.4 is 4.74 Å². The van der Waals surface area contributed by atoms with E-state index in [9.17, 15) is 9.59 Å². The number of furan rings is 1. The van der Waals surface area contributed by atoms with Gasteiger partial charge in [0.25, 0.3) is 0 Å². The van der Waals surface area contributed by atoms with E-state index in [1.165, 1.54) is 5.56 Å². The lowest BCUT2D eigenvalue weighted by Crippen LogP contribution is -2.01. The van der Waals surface area contributed by atoms with Crippen LogP contribution in [0.2, 0.25) is 5.02 Å². The van der Waals surface area contributed by atoms with Gasteiger partial charge in [-0.15, -0.1) is 5.10 Å². The van der Waals surface area contributed by atoms with Crippen molar-refractivity contribution in [2.24, 2.45) is 0 Å². The van der Waals surface area contributed by atoms with Crippen LogP contribution in [-0.4, -0.2) is 27.1 Å². The number of fused-ring (bicyclic) bond motifs is 1. The molecule has 0 fully saturated rings. The molecule has 0 bridgehead atoms. The first-order chi connectivity index (χ1) is 20.4. The molecule has 6 rings (SSSR count). The van der Waals surface area contributed by atoms with Gasteiger partial charge in [0.05, 0.1) is 18.3 Å². The van der Waals surface area contributed by atoms with Gasteiger partial charge in [-0.05, 0) is 84.6 Å². The van der Waals surface area contributed by atoms with Crippen LogP contribution in [0.1, 0.15) is 54.4 Å². The third-order valence-electron chi connectivity index (χ3n) is 6.95. The molecular weight excluding hydrogens is 550 g/mol. The predicted molar refractivity (Wildman–Crippen MR) is 160 cm³/mol. The molecule has 42 heavy (non-hydrogen) atoms. The monoisotopic (exact) mass is 575 g/mol. The highest BCUT2D eigenvalue weighted by Gasteiger charge is 2.15. The Hall–Kier alpha value is -5.01. The third-order valence-corrected chi connectivity index (χ3v) is 7.20. The van der Waals surface area contributed by atoms with Crippen molar-refractivity contribution < 1.29 is 18.7 Å². The molecule has 8 heteroatoms. The maximum Gasteiger partial charge on any atom is 0.228 e. The van der Waals surface area contributed by atoms with E-state index >= 15 is 0 Å². The summed E-state index contributed by atoms with van der Waals surface area (Å²) in [4.78, 5) is 24.7.